The number of carbonyl (C=O) groups excluding carboxylic acids is 2. The van der Waals surface area contributed by atoms with E-state index in [0.717, 1.165) is 29.2 Å². The van der Waals surface area contributed by atoms with Gasteiger partial charge in [-0.05, 0) is 47.4 Å². The molecule has 0 spiro atoms. The number of hydrogen-bond donors (Lipinski definition) is 1. The number of piperidine rings is 1. The maximum absolute atomic E-state index is 13.2. The van der Waals surface area contributed by atoms with Crippen LogP contribution in [0, 0.1) is 11.7 Å². The molecule has 1 aliphatic heterocycles. The predicted octanol–water partition coefficient (Wildman–Crippen LogP) is 4.15. The van der Waals surface area contributed by atoms with Crippen molar-refractivity contribution >= 4 is 22.6 Å². The largest absolute Gasteiger partial charge is 0.352 e. The number of likely N-dealkylation sites (tertiary alicyclic amines) is 1. The first-order chi connectivity index (χ1) is 14.1. The highest BCUT2D eigenvalue weighted by atomic mass is 19.1. The number of benzene rings is 3. The number of fused-ring (bicyclic) bond motifs is 1. The van der Waals surface area contributed by atoms with Crippen LogP contribution in [0.25, 0.3) is 10.8 Å². The van der Waals surface area contributed by atoms with Crippen LogP contribution in [0.15, 0.2) is 66.7 Å². The lowest BCUT2D eigenvalue weighted by Crippen LogP contribution is -2.45. The third-order valence-corrected chi connectivity index (χ3v) is 5.48. The van der Waals surface area contributed by atoms with E-state index in [1.165, 1.54) is 12.1 Å². The molecule has 1 heterocycles. The first-order valence-electron chi connectivity index (χ1n) is 9.91. The van der Waals surface area contributed by atoms with Gasteiger partial charge in [0.05, 0.1) is 5.92 Å². The summed E-state index contributed by atoms with van der Waals surface area (Å²) in [5, 5.41) is 4.88. The first kappa shape index (κ1) is 19.1. The average molecular weight is 390 g/mol. The highest BCUT2D eigenvalue weighted by Gasteiger charge is 2.29. The van der Waals surface area contributed by atoms with Crippen molar-refractivity contribution in [3.05, 3.63) is 83.7 Å². The van der Waals surface area contributed by atoms with Gasteiger partial charge in [-0.2, -0.15) is 0 Å². The molecular formula is C24H23FN2O2. The molecule has 1 aliphatic rings. The van der Waals surface area contributed by atoms with Crippen LogP contribution in [0.2, 0.25) is 0 Å². The molecule has 1 N–H and O–H groups in total. The molecule has 0 saturated carbocycles. The van der Waals surface area contributed by atoms with Gasteiger partial charge in [0.1, 0.15) is 5.82 Å². The summed E-state index contributed by atoms with van der Waals surface area (Å²) in [6.45, 7) is 1.42. The molecule has 3 aromatic rings. The van der Waals surface area contributed by atoms with Crippen molar-refractivity contribution in [3.8, 4) is 0 Å². The zero-order chi connectivity index (χ0) is 20.2. The van der Waals surface area contributed by atoms with E-state index in [9.17, 15) is 14.0 Å². The number of nitrogens with zero attached hydrogens (tertiary/aromatic N) is 1. The molecule has 0 radical (unpaired) electrons. The monoisotopic (exact) mass is 390 g/mol. The quantitative estimate of drug-likeness (QED) is 0.728. The lowest BCUT2D eigenvalue weighted by Gasteiger charge is -2.32. The fraction of sp³-hybridized carbons (Fsp3) is 0.250. The lowest BCUT2D eigenvalue weighted by atomic mass is 9.95. The van der Waals surface area contributed by atoms with Gasteiger partial charge >= 0.3 is 0 Å². The van der Waals surface area contributed by atoms with Crippen molar-refractivity contribution in [1.82, 2.24) is 10.2 Å². The number of carbonyl (C=O) groups is 2. The van der Waals surface area contributed by atoms with E-state index in [2.05, 4.69) is 5.32 Å². The number of nitrogens with one attached hydrogen (secondary N) is 1. The molecule has 4 nitrogen and oxygen atoms in total. The minimum Gasteiger partial charge on any atom is -0.352 e. The van der Waals surface area contributed by atoms with Crippen LogP contribution in [-0.2, 0) is 11.3 Å². The van der Waals surface area contributed by atoms with Gasteiger partial charge in [0, 0.05) is 25.2 Å². The van der Waals surface area contributed by atoms with E-state index in [0.29, 0.717) is 25.2 Å². The van der Waals surface area contributed by atoms with Crippen LogP contribution in [0.1, 0.15) is 28.8 Å². The van der Waals surface area contributed by atoms with Gasteiger partial charge in [-0.25, -0.2) is 4.39 Å². The fourth-order valence-corrected chi connectivity index (χ4v) is 3.89. The summed E-state index contributed by atoms with van der Waals surface area (Å²) >= 11 is 0. The Morgan fingerprint density at radius 2 is 1.76 bits per heavy atom. The summed E-state index contributed by atoms with van der Waals surface area (Å²) in [5.41, 5.74) is 1.52. The smallest absolute Gasteiger partial charge is 0.254 e. The van der Waals surface area contributed by atoms with Crippen LogP contribution in [0.3, 0.4) is 0 Å². The topological polar surface area (TPSA) is 49.4 Å². The highest BCUT2D eigenvalue weighted by molar-refractivity contribution is 6.07. The zero-order valence-electron chi connectivity index (χ0n) is 16.1. The molecule has 1 unspecified atom stereocenters. The Balaban J connectivity index is 1.42. The van der Waals surface area contributed by atoms with E-state index in [-0.39, 0.29) is 23.5 Å². The van der Waals surface area contributed by atoms with E-state index in [4.69, 9.17) is 0 Å². The molecule has 0 aliphatic carbocycles. The second-order valence-corrected chi connectivity index (χ2v) is 7.46. The molecule has 4 rings (SSSR count). The van der Waals surface area contributed by atoms with Gasteiger partial charge in [-0.15, -0.1) is 0 Å². The number of halogens is 1. The highest BCUT2D eigenvalue weighted by Crippen LogP contribution is 2.23. The Kier molecular flexibility index (Phi) is 5.56. The first-order valence-corrected chi connectivity index (χ1v) is 9.91. The van der Waals surface area contributed by atoms with Crippen molar-refractivity contribution in [1.29, 1.82) is 0 Å². The average Bonchev–Trinajstić information content (AvgIpc) is 2.77. The number of amides is 2. The van der Waals surface area contributed by atoms with Crippen molar-refractivity contribution in [2.45, 2.75) is 19.4 Å². The van der Waals surface area contributed by atoms with Gasteiger partial charge in [-0.3, -0.25) is 9.59 Å². The summed E-state index contributed by atoms with van der Waals surface area (Å²) in [6, 6.07) is 19.7. The molecule has 29 heavy (non-hydrogen) atoms. The molecule has 3 aromatic carbocycles. The molecule has 2 amide bonds. The Morgan fingerprint density at radius 3 is 2.59 bits per heavy atom. The van der Waals surface area contributed by atoms with Gasteiger partial charge in [0.15, 0.2) is 0 Å². The summed E-state index contributed by atoms with van der Waals surface area (Å²) in [4.78, 5) is 27.6. The maximum Gasteiger partial charge on any atom is 0.254 e. The summed E-state index contributed by atoms with van der Waals surface area (Å²) in [6.07, 6.45) is 1.56. The van der Waals surface area contributed by atoms with Crippen LogP contribution >= 0.6 is 0 Å². The second-order valence-electron chi connectivity index (χ2n) is 7.46. The van der Waals surface area contributed by atoms with Crippen molar-refractivity contribution in [3.63, 3.8) is 0 Å². The molecule has 0 bridgehead atoms. The molecule has 1 fully saturated rings. The Morgan fingerprint density at radius 1 is 1.00 bits per heavy atom. The van der Waals surface area contributed by atoms with Crippen molar-refractivity contribution in [2.75, 3.05) is 13.1 Å². The minimum absolute atomic E-state index is 0.0298. The van der Waals surface area contributed by atoms with Gasteiger partial charge in [0.25, 0.3) is 5.91 Å². The molecule has 1 atom stereocenters. The fourth-order valence-electron chi connectivity index (χ4n) is 3.89. The van der Waals surface area contributed by atoms with Crippen LogP contribution in [0.5, 0.6) is 0 Å². The van der Waals surface area contributed by atoms with Crippen LogP contribution in [0.4, 0.5) is 4.39 Å². The van der Waals surface area contributed by atoms with E-state index >= 15 is 0 Å². The summed E-state index contributed by atoms with van der Waals surface area (Å²) in [7, 11) is 0. The molecular weight excluding hydrogens is 367 g/mol. The van der Waals surface area contributed by atoms with E-state index in [1.807, 2.05) is 42.5 Å². The summed E-state index contributed by atoms with van der Waals surface area (Å²) in [5.74, 6) is -0.624. The lowest BCUT2D eigenvalue weighted by molar-refractivity contribution is -0.126. The Labute approximate surface area is 169 Å². The van der Waals surface area contributed by atoms with Crippen LogP contribution in [-0.4, -0.2) is 29.8 Å². The molecule has 1 saturated heterocycles. The molecule has 5 heteroatoms. The zero-order valence-corrected chi connectivity index (χ0v) is 16.1. The second kappa shape index (κ2) is 8.43. The third kappa shape index (κ3) is 4.29. The van der Waals surface area contributed by atoms with E-state index < -0.39 is 0 Å². The van der Waals surface area contributed by atoms with Gasteiger partial charge in [-0.1, -0.05) is 48.5 Å². The third-order valence-electron chi connectivity index (χ3n) is 5.48. The summed E-state index contributed by atoms with van der Waals surface area (Å²) < 4.78 is 13.0. The SMILES string of the molecule is O=C(NCc1ccc(F)cc1)C1CCCN(C(=O)c2cccc3ccccc23)C1. The maximum atomic E-state index is 13.2. The standard InChI is InChI=1S/C24H23FN2O2/c25-20-12-10-17(11-13-20)15-26-23(28)19-7-4-14-27(16-19)24(29)22-9-3-6-18-5-1-2-8-21(18)22/h1-3,5-6,8-13,19H,4,7,14-16H2,(H,26,28). The predicted molar refractivity (Wildman–Crippen MR) is 111 cm³/mol. The Bertz CT molecular complexity index is 1030. The van der Waals surface area contributed by atoms with Crippen LogP contribution < -0.4 is 5.32 Å². The Hall–Kier alpha value is -3.21. The molecule has 0 aromatic heterocycles. The van der Waals surface area contributed by atoms with Gasteiger partial charge < -0.3 is 10.2 Å². The number of rotatable bonds is 4. The minimum atomic E-state index is -0.296. The van der Waals surface area contributed by atoms with E-state index in [1.54, 1.807) is 17.0 Å². The van der Waals surface area contributed by atoms with Crippen molar-refractivity contribution in [2.24, 2.45) is 5.92 Å². The van der Waals surface area contributed by atoms with Crippen molar-refractivity contribution < 1.29 is 14.0 Å². The molecule has 148 valence electrons. The van der Waals surface area contributed by atoms with Gasteiger partial charge in [0.2, 0.25) is 5.91 Å². The normalized spacial score (nSPS) is 16.6. The number of hydrogen-bond acceptors (Lipinski definition) is 2.